The van der Waals surface area contributed by atoms with Gasteiger partial charge in [-0.2, -0.15) is 0 Å². The summed E-state index contributed by atoms with van der Waals surface area (Å²) in [5.74, 6) is 0.275. The lowest BCUT2D eigenvalue weighted by Gasteiger charge is -2.28. The maximum Gasteiger partial charge on any atom is 0.182 e. The van der Waals surface area contributed by atoms with Crippen molar-refractivity contribution in [3.05, 3.63) is 35.4 Å². The first-order valence-corrected chi connectivity index (χ1v) is 7.79. The molecule has 0 amide bonds. The Morgan fingerprint density at radius 3 is 2.35 bits per heavy atom. The van der Waals surface area contributed by atoms with Crippen molar-refractivity contribution in [3.63, 3.8) is 0 Å². The summed E-state index contributed by atoms with van der Waals surface area (Å²) in [7, 11) is 0. The predicted octanol–water partition coefficient (Wildman–Crippen LogP) is 4.09. The molecule has 20 heavy (non-hydrogen) atoms. The summed E-state index contributed by atoms with van der Waals surface area (Å²) in [5, 5.41) is 3.46. The Balaban J connectivity index is 2.24. The maximum atomic E-state index is 12.9. The van der Waals surface area contributed by atoms with E-state index in [2.05, 4.69) is 45.1 Å². The first-order chi connectivity index (χ1) is 9.39. The fourth-order valence-corrected chi connectivity index (χ4v) is 3.15. The van der Waals surface area contributed by atoms with Crippen molar-refractivity contribution in [1.29, 1.82) is 0 Å². The Hall–Kier alpha value is -1.15. The van der Waals surface area contributed by atoms with Crippen molar-refractivity contribution in [2.45, 2.75) is 64.3 Å². The van der Waals surface area contributed by atoms with Crippen LogP contribution in [0.25, 0.3) is 0 Å². The molecule has 0 aromatic heterocycles. The summed E-state index contributed by atoms with van der Waals surface area (Å²) < 4.78 is 0. The Labute approximate surface area is 123 Å². The van der Waals surface area contributed by atoms with Gasteiger partial charge in [0.2, 0.25) is 0 Å². The van der Waals surface area contributed by atoms with E-state index in [4.69, 9.17) is 0 Å². The summed E-state index contributed by atoms with van der Waals surface area (Å²) in [6, 6.07) is 8.20. The topological polar surface area (TPSA) is 29.1 Å². The monoisotopic (exact) mass is 273 g/mol. The van der Waals surface area contributed by atoms with E-state index in [1.54, 1.807) is 0 Å². The van der Waals surface area contributed by atoms with Gasteiger partial charge in [0.05, 0.1) is 5.54 Å². The average molecular weight is 273 g/mol. The Morgan fingerprint density at radius 2 is 1.90 bits per heavy atom. The van der Waals surface area contributed by atoms with Crippen molar-refractivity contribution < 1.29 is 4.79 Å². The molecule has 1 heterocycles. The number of nitrogens with one attached hydrogen (secondary N) is 1. The molecule has 1 aliphatic rings. The van der Waals surface area contributed by atoms with E-state index >= 15 is 0 Å². The second kappa shape index (κ2) is 5.69. The molecule has 0 bridgehead atoms. The fraction of sp³-hybridized carbons (Fsp3) is 0.611. The summed E-state index contributed by atoms with van der Waals surface area (Å²) in [4.78, 5) is 12.9. The first kappa shape index (κ1) is 15.2. The maximum absolute atomic E-state index is 12.9. The highest BCUT2D eigenvalue weighted by molar-refractivity contribution is 6.03. The SMILES string of the molecule is CCCC1(C(=O)c2ccc(C(C)(C)C)cc2)CCCN1. The number of Topliss-reactive ketones (excluding diaryl/α,β-unsaturated/α-hetero) is 1. The molecule has 1 aromatic carbocycles. The van der Waals surface area contributed by atoms with Crippen LogP contribution in [0.2, 0.25) is 0 Å². The van der Waals surface area contributed by atoms with E-state index in [1.807, 2.05) is 12.1 Å². The highest BCUT2D eigenvalue weighted by Crippen LogP contribution is 2.30. The number of hydrogen-bond donors (Lipinski definition) is 1. The zero-order valence-corrected chi connectivity index (χ0v) is 13.3. The van der Waals surface area contributed by atoms with Gasteiger partial charge in [-0.1, -0.05) is 58.4 Å². The van der Waals surface area contributed by atoms with Gasteiger partial charge >= 0.3 is 0 Å². The van der Waals surface area contributed by atoms with E-state index in [0.717, 1.165) is 37.8 Å². The summed E-state index contributed by atoms with van der Waals surface area (Å²) in [5.41, 5.74) is 1.95. The quantitative estimate of drug-likeness (QED) is 0.837. The van der Waals surface area contributed by atoms with E-state index in [9.17, 15) is 4.79 Å². The predicted molar refractivity (Wildman–Crippen MR) is 84.3 cm³/mol. The molecule has 0 aliphatic carbocycles. The second-order valence-corrected chi connectivity index (χ2v) is 7.02. The van der Waals surface area contributed by atoms with Gasteiger partial charge < -0.3 is 5.32 Å². The number of ketones is 1. The Kier molecular flexibility index (Phi) is 4.33. The molecule has 1 unspecified atom stereocenters. The molecule has 0 spiro atoms. The minimum Gasteiger partial charge on any atom is -0.305 e. The van der Waals surface area contributed by atoms with Crippen LogP contribution in [0.15, 0.2) is 24.3 Å². The number of hydrogen-bond acceptors (Lipinski definition) is 2. The Bertz CT molecular complexity index is 461. The molecular weight excluding hydrogens is 246 g/mol. The first-order valence-electron chi connectivity index (χ1n) is 7.79. The summed E-state index contributed by atoms with van der Waals surface area (Å²) >= 11 is 0. The third-order valence-corrected chi connectivity index (χ3v) is 4.37. The van der Waals surface area contributed by atoms with Gasteiger partial charge in [0, 0.05) is 5.56 Å². The largest absolute Gasteiger partial charge is 0.305 e. The average Bonchev–Trinajstić information content (AvgIpc) is 2.87. The highest BCUT2D eigenvalue weighted by atomic mass is 16.1. The number of carbonyl (C=O) groups is 1. The molecule has 0 saturated carbocycles. The van der Waals surface area contributed by atoms with Gasteiger partial charge in [-0.3, -0.25) is 4.79 Å². The lowest BCUT2D eigenvalue weighted by molar-refractivity contribution is 0.0857. The van der Waals surface area contributed by atoms with Gasteiger partial charge in [-0.25, -0.2) is 0 Å². The smallest absolute Gasteiger partial charge is 0.182 e. The van der Waals surface area contributed by atoms with Gasteiger partial charge in [0.15, 0.2) is 5.78 Å². The third kappa shape index (κ3) is 2.95. The van der Waals surface area contributed by atoms with Crippen LogP contribution in [-0.4, -0.2) is 17.9 Å². The van der Waals surface area contributed by atoms with Crippen molar-refractivity contribution >= 4 is 5.78 Å². The number of carbonyl (C=O) groups excluding carboxylic acids is 1. The van der Waals surface area contributed by atoms with Gasteiger partial charge in [0.25, 0.3) is 0 Å². The molecule has 2 nitrogen and oxygen atoms in total. The summed E-state index contributed by atoms with van der Waals surface area (Å²) in [6.07, 6.45) is 4.05. The van der Waals surface area contributed by atoms with Gasteiger partial charge in [-0.15, -0.1) is 0 Å². The summed E-state index contributed by atoms with van der Waals surface area (Å²) in [6.45, 7) is 9.70. The van der Waals surface area contributed by atoms with Crippen LogP contribution in [0.4, 0.5) is 0 Å². The van der Waals surface area contributed by atoms with Crippen LogP contribution in [0.3, 0.4) is 0 Å². The molecule has 1 atom stereocenters. The van der Waals surface area contributed by atoms with E-state index in [-0.39, 0.29) is 16.7 Å². The molecule has 1 fully saturated rings. The van der Waals surface area contributed by atoms with Crippen molar-refractivity contribution in [3.8, 4) is 0 Å². The van der Waals surface area contributed by atoms with Crippen LogP contribution in [0.5, 0.6) is 0 Å². The van der Waals surface area contributed by atoms with Gasteiger partial charge in [0.1, 0.15) is 0 Å². The van der Waals surface area contributed by atoms with Crippen LogP contribution >= 0.6 is 0 Å². The molecule has 0 radical (unpaired) electrons. The van der Waals surface area contributed by atoms with E-state index in [0.29, 0.717) is 0 Å². The van der Waals surface area contributed by atoms with E-state index < -0.39 is 0 Å². The highest BCUT2D eigenvalue weighted by Gasteiger charge is 2.40. The molecule has 1 aliphatic heterocycles. The van der Waals surface area contributed by atoms with Crippen molar-refractivity contribution in [1.82, 2.24) is 5.32 Å². The number of rotatable bonds is 4. The zero-order chi connectivity index (χ0) is 14.8. The minimum atomic E-state index is -0.308. The zero-order valence-electron chi connectivity index (χ0n) is 13.3. The molecule has 2 rings (SSSR count). The van der Waals surface area contributed by atoms with Crippen molar-refractivity contribution in [2.75, 3.05) is 6.54 Å². The molecular formula is C18H27NO. The van der Waals surface area contributed by atoms with Crippen LogP contribution in [-0.2, 0) is 5.41 Å². The van der Waals surface area contributed by atoms with Crippen LogP contribution in [0, 0.1) is 0 Å². The molecule has 2 heteroatoms. The van der Waals surface area contributed by atoms with Crippen LogP contribution in [0.1, 0.15) is 69.3 Å². The lowest BCUT2D eigenvalue weighted by Crippen LogP contribution is -2.47. The standard InChI is InChI=1S/C18H27NO/c1-5-11-18(12-6-13-19-18)16(20)14-7-9-15(10-8-14)17(2,3)4/h7-10,19H,5-6,11-13H2,1-4H3. The third-order valence-electron chi connectivity index (χ3n) is 4.37. The van der Waals surface area contributed by atoms with E-state index in [1.165, 1.54) is 5.56 Å². The number of benzene rings is 1. The molecule has 1 saturated heterocycles. The Morgan fingerprint density at radius 1 is 1.25 bits per heavy atom. The van der Waals surface area contributed by atoms with Crippen LogP contribution < -0.4 is 5.32 Å². The minimum absolute atomic E-state index is 0.133. The molecule has 110 valence electrons. The molecule has 1 aromatic rings. The molecule has 1 N–H and O–H groups in total. The van der Waals surface area contributed by atoms with Gasteiger partial charge in [-0.05, 0) is 36.8 Å². The second-order valence-electron chi connectivity index (χ2n) is 7.02. The fourth-order valence-electron chi connectivity index (χ4n) is 3.15. The van der Waals surface area contributed by atoms with Crippen molar-refractivity contribution in [2.24, 2.45) is 0 Å². The lowest BCUT2D eigenvalue weighted by atomic mass is 9.82. The normalized spacial score (nSPS) is 23.0.